The molecular formula is C18H33N5O. The molecule has 2 saturated heterocycles. The summed E-state index contributed by atoms with van der Waals surface area (Å²) in [6.07, 6.45) is 7.81. The zero-order chi connectivity index (χ0) is 16.8. The fraction of sp³-hybridized carbons (Fsp3) is 0.889. The molecule has 3 rings (SSSR count). The third kappa shape index (κ3) is 5.10. The summed E-state index contributed by atoms with van der Waals surface area (Å²) >= 11 is 0. The predicted octanol–water partition coefficient (Wildman–Crippen LogP) is 0.992. The molecular weight excluding hydrogens is 302 g/mol. The molecule has 1 saturated carbocycles. The molecule has 24 heavy (non-hydrogen) atoms. The van der Waals surface area contributed by atoms with Gasteiger partial charge in [0.1, 0.15) is 0 Å². The normalized spacial score (nSPS) is 23.0. The molecule has 0 aromatic rings. The van der Waals surface area contributed by atoms with Crippen LogP contribution < -0.4 is 5.32 Å². The maximum Gasteiger partial charge on any atom is 0.236 e. The average Bonchev–Trinajstić information content (AvgIpc) is 3.26. The second-order valence-electron chi connectivity index (χ2n) is 7.41. The van der Waals surface area contributed by atoms with E-state index >= 15 is 0 Å². The van der Waals surface area contributed by atoms with Crippen LogP contribution in [0.5, 0.6) is 0 Å². The third-order valence-electron chi connectivity index (χ3n) is 5.47. The summed E-state index contributed by atoms with van der Waals surface area (Å²) in [5.74, 6) is 2.34. The zero-order valence-electron chi connectivity index (χ0n) is 15.2. The van der Waals surface area contributed by atoms with Gasteiger partial charge in [-0.15, -0.1) is 0 Å². The molecule has 1 N–H and O–H groups in total. The van der Waals surface area contributed by atoms with Gasteiger partial charge in [0.15, 0.2) is 5.96 Å². The van der Waals surface area contributed by atoms with Crippen molar-refractivity contribution in [2.75, 3.05) is 59.4 Å². The van der Waals surface area contributed by atoms with Crippen LogP contribution in [-0.4, -0.2) is 86.0 Å². The zero-order valence-corrected chi connectivity index (χ0v) is 15.2. The molecule has 1 aliphatic carbocycles. The van der Waals surface area contributed by atoms with Gasteiger partial charge in [0.25, 0.3) is 0 Å². The van der Waals surface area contributed by atoms with Gasteiger partial charge in [-0.3, -0.25) is 14.7 Å². The molecule has 2 aliphatic heterocycles. The van der Waals surface area contributed by atoms with Crippen LogP contribution in [0.1, 0.15) is 38.5 Å². The molecule has 6 nitrogen and oxygen atoms in total. The Balaban J connectivity index is 1.34. The quantitative estimate of drug-likeness (QED) is 0.447. The van der Waals surface area contributed by atoms with E-state index in [2.05, 4.69) is 20.1 Å². The van der Waals surface area contributed by atoms with E-state index < -0.39 is 0 Å². The van der Waals surface area contributed by atoms with Crippen LogP contribution in [0.3, 0.4) is 0 Å². The Morgan fingerprint density at radius 3 is 2.38 bits per heavy atom. The summed E-state index contributed by atoms with van der Waals surface area (Å²) < 4.78 is 0. The van der Waals surface area contributed by atoms with Crippen molar-refractivity contribution in [3.8, 4) is 0 Å². The van der Waals surface area contributed by atoms with E-state index in [0.717, 1.165) is 57.7 Å². The van der Waals surface area contributed by atoms with Crippen molar-refractivity contribution in [2.45, 2.75) is 38.5 Å². The van der Waals surface area contributed by atoms with E-state index in [-0.39, 0.29) is 0 Å². The molecule has 0 aromatic carbocycles. The van der Waals surface area contributed by atoms with Crippen molar-refractivity contribution in [3.63, 3.8) is 0 Å². The van der Waals surface area contributed by atoms with Crippen molar-refractivity contribution >= 4 is 11.9 Å². The third-order valence-corrected chi connectivity index (χ3v) is 5.47. The molecule has 0 unspecified atom stereocenters. The summed E-state index contributed by atoms with van der Waals surface area (Å²) in [6.45, 7) is 7.32. The Morgan fingerprint density at radius 1 is 1.04 bits per heavy atom. The largest absolute Gasteiger partial charge is 0.356 e. The first kappa shape index (κ1) is 17.5. The van der Waals surface area contributed by atoms with Crippen LogP contribution >= 0.6 is 0 Å². The Bertz CT molecular complexity index is 435. The smallest absolute Gasteiger partial charge is 0.236 e. The van der Waals surface area contributed by atoms with Gasteiger partial charge < -0.3 is 15.1 Å². The van der Waals surface area contributed by atoms with Gasteiger partial charge in [-0.05, 0) is 31.6 Å². The van der Waals surface area contributed by atoms with E-state index in [1.54, 1.807) is 0 Å². The van der Waals surface area contributed by atoms with E-state index in [1.165, 1.54) is 38.5 Å². The maximum atomic E-state index is 12.3. The first-order valence-corrected chi connectivity index (χ1v) is 9.72. The van der Waals surface area contributed by atoms with Gasteiger partial charge in [0.05, 0.1) is 6.54 Å². The number of nitrogens with one attached hydrogen (secondary N) is 1. The maximum absolute atomic E-state index is 12.3. The molecule has 1 amide bonds. The van der Waals surface area contributed by atoms with Crippen molar-refractivity contribution in [1.82, 2.24) is 20.0 Å². The molecule has 3 aliphatic rings. The van der Waals surface area contributed by atoms with Crippen LogP contribution in [0, 0.1) is 5.92 Å². The second-order valence-corrected chi connectivity index (χ2v) is 7.41. The predicted molar refractivity (Wildman–Crippen MR) is 97.1 cm³/mol. The second kappa shape index (κ2) is 8.70. The highest BCUT2D eigenvalue weighted by Gasteiger charge is 2.24. The molecule has 3 fully saturated rings. The Hall–Kier alpha value is -1.30. The van der Waals surface area contributed by atoms with Crippen LogP contribution in [0.15, 0.2) is 4.99 Å². The lowest BCUT2D eigenvalue weighted by atomic mass is 10.2. The summed E-state index contributed by atoms with van der Waals surface area (Å²) in [5.41, 5.74) is 0. The minimum Gasteiger partial charge on any atom is -0.356 e. The molecule has 0 radical (unpaired) electrons. The summed E-state index contributed by atoms with van der Waals surface area (Å²) in [5, 5.41) is 3.50. The van der Waals surface area contributed by atoms with Gasteiger partial charge in [0.2, 0.25) is 5.91 Å². The lowest BCUT2D eigenvalue weighted by molar-refractivity contribution is -0.131. The lowest BCUT2D eigenvalue weighted by Gasteiger charge is -2.36. The number of guanidine groups is 1. The van der Waals surface area contributed by atoms with Crippen LogP contribution in [0.2, 0.25) is 0 Å². The van der Waals surface area contributed by atoms with Crippen LogP contribution in [0.4, 0.5) is 0 Å². The monoisotopic (exact) mass is 335 g/mol. The van der Waals surface area contributed by atoms with Crippen molar-refractivity contribution in [3.05, 3.63) is 0 Å². The van der Waals surface area contributed by atoms with E-state index in [1.807, 2.05) is 11.9 Å². The minimum atomic E-state index is 0.309. The molecule has 2 heterocycles. The standard InChI is InChI=1S/C18H33N5O/c1-19-18(20-8-4-5-16-6-7-16)23-13-11-21(12-14-23)15-17(24)22-9-2-3-10-22/h16H,2-15H2,1H3,(H,19,20). The fourth-order valence-electron chi connectivity index (χ4n) is 3.71. The molecule has 0 atom stereocenters. The number of amides is 1. The Morgan fingerprint density at radius 2 is 1.75 bits per heavy atom. The molecule has 6 heteroatoms. The molecule has 0 aromatic heterocycles. The first-order chi connectivity index (χ1) is 11.8. The number of hydrogen-bond donors (Lipinski definition) is 1. The highest BCUT2D eigenvalue weighted by atomic mass is 16.2. The van der Waals surface area contributed by atoms with Gasteiger partial charge in [-0.1, -0.05) is 12.8 Å². The van der Waals surface area contributed by atoms with E-state index in [0.29, 0.717) is 12.5 Å². The topological polar surface area (TPSA) is 51.2 Å². The minimum absolute atomic E-state index is 0.309. The number of carbonyl (C=O) groups excluding carboxylic acids is 1. The number of piperazine rings is 1. The first-order valence-electron chi connectivity index (χ1n) is 9.72. The van der Waals surface area contributed by atoms with Crippen molar-refractivity contribution in [1.29, 1.82) is 0 Å². The number of likely N-dealkylation sites (tertiary alicyclic amines) is 1. The van der Waals surface area contributed by atoms with Crippen LogP contribution in [-0.2, 0) is 4.79 Å². The molecule has 0 spiro atoms. The number of rotatable bonds is 6. The van der Waals surface area contributed by atoms with Gasteiger partial charge >= 0.3 is 0 Å². The fourth-order valence-corrected chi connectivity index (χ4v) is 3.71. The average molecular weight is 335 g/mol. The van der Waals surface area contributed by atoms with E-state index in [9.17, 15) is 4.79 Å². The SMILES string of the molecule is CN=C(NCCCC1CC1)N1CCN(CC(=O)N2CCCC2)CC1. The summed E-state index contributed by atoms with van der Waals surface area (Å²) in [4.78, 5) is 23.3. The Kier molecular flexibility index (Phi) is 6.35. The summed E-state index contributed by atoms with van der Waals surface area (Å²) in [6, 6.07) is 0. The number of aliphatic imine (C=N–C) groups is 1. The highest BCUT2D eigenvalue weighted by molar-refractivity contribution is 5.80. The van der Waals surface area contributed by atoms with Crippen LogP contribution in [0.25, 0.3) is 0 Å². The van der Waals surface area contributed by atoms with E-state index in [4.69, 9.17) is 0 Å². The lowest BCUT2D eigenvalue weighted by Crippen LogP contribution is -2.54. The molecule has 136 valence electrons. The number of nitrogens with zero attached hydrogens (tertiary/aromatic N) is 4. The van der Waals surface area contributed by atoms with Gasteiger partial charge in [-0.25, -0.2) is 0 Å². The van der Waals surface area contributed by atoms with Gasteiger partial charge in [-0.2, -0.15) is 0 Å². The van der Waals surface area contributed by atoms with Crippen molar-refractivity contribution < 1.29 is 4.79 Å². The molecule has 0 bridgehead atoms. The Labute approximate surface area is 146 Å². The summed E-state index contributed by atoms with van der Waals surface area (Å²) in [7, 11) is 1.87. The van der Waals surface area contributed by atoms with Gasteiger partial charge in [0, 0.05) is 52.9 Å². The highest BCUT2D eigenvalue weighted by Crippen LogP contribution is 2.33. The van der Waals surface area contributed by atoms with Crippen molar-refractivity contribution in [2.24, 2.45) is 10.9 Å². The number of hydrogen-bond acceptors (Lipinski definition) is 3. The number of carbonyl (C=O) groups is 1.